The lowest BCUT2D eigenvalue weighted by Crippen LogP contribution is -2.44. The van der Waals surface area contributed by atoms with Crippen LogP contribution in [0, 0.1) is 0 Å². The average molecular weight is 423 g/mol. The minimum Gasteiger partial charge on any atom is -0.394 e. The fourth-order valence-electron chi connectivity index (χ4n) is 3.30. The lowest BCUT2D eigenvalue weighted by atomic mass is 10.1. The Kier molecular flexibility index (Phi) is 7.01. The van der Waals surface area contributed by atoms with Gasteiger partial charge in [-0.25, -0.2) is 8.42 Å². The normalized spacial score (nSPS) is 26.0. The largest absolute Gasteiger partial charge is 0.394 e. The van der Waals surface area contributed by atoms with Gasteiger partial charge in [0.15, 0.2) is 0 Å². The van der Waals surface area contributed by atoms with E-state index in [1.54, 1.807) is 48.5 Å². The number of benzene rings is 2. The van der Waals surface area contributed by atoms with Crippen molar-refractivity contribution < 1.29 is 33.6 Å². The van der Waals surface area contributed by atoms with Crippen molar-refractivity contribution in [1.29, 1.82) is 0 Å². The minimum atomic E-state index is -4.25. The summed E-state index contributed by atoms with van der Waals surface area (Å²) in [5.41, 5.74) is -0.282. The van der Waals surface area contributed by atoms with E-state index < -0.39 is 46.5 Å². The van der Waals surface area contributed by atoms with E-state index in [-0.39, 0.29) is 13.1 Å². The van der Waals surface area contributed by atoms with Crippen LogP contribution in [0.3, 0.4) is 0 Å². The van der Waals surface area contributed by atoms with Gasteiger partial charge in [-0.05, 0) is 11.1 Å². The number of ether oxygens (including phenoxy) is 1. The zero-order valence-electron chi connectivity index (χ0n) is 15.7. The van der Waals surface area contributed by atoms with Gasteiger partial charge in [-0.1, -0.05) is 60.7 Å². The first-order chi connectivity index (χ1) is 13.8. The molecule has 158 valence electrons. The van der Waals surface area contributed by atoms with Gasteiger partial charge in [-0.3, -0.25) is 0 Å². The molecule has 0 spiro atoms. The molecule has 5 atom stereocenters. The number of aliphatic hydroxyl groups is 4. The highest BCUT2D eigenvalue weighted by Crippen LogP contribution is 2.30. The molecule has 2 aromatic rings. The van der Waals surface area contributed by atoms with Gasteiger partial charge in [0.2, 0.25) is 15.5 Å². The summed E-state index contributed by atoms with van der Waals surface area (Å²) in [7, 11) is -4.25. The summed E-state index contributed by atoms with van der Waals surface area (Å²) in [6.45, 7) is -0.666. The molecule has 1 heterocycles. The Morgan fingerprint density at radius 2 is 1.38 bits per heavy atom. The molecule has 4 N–H and O–H groups in total. The van der Waals surface area contributed by atoms with Crippen LogP contribution in [0.1, 0.15) is 11.1 Å². The Hall–Kier alpha value is -1.85. The quantitative estimate of drug-likeness (QED) is 0.464. The van der Waals surface area contributed by atoms with Gasteiger partial charge in [0.05, 0.1) is 6.61 Å². The van der Waals surface area contributed by atoms with Crippen LogP contribution in [0.4, 0.5) is 0 Å². The second-order valence-corrected chi connectivity index (χ2v) is 9.00. The van der Waals surface area contributed by atoms with Crippen molar-refractivity contribution in [2.45, 2.75) is 42.9 Å². The molecule has 1 fully saturated rings. The molecule has 0 aliphatic carbocycles. The predicted octanol–water partition coefficient (Wildman–Crippen LogP) is -0.181. The second kappa shape index (κ2) is 9.31. The minimum absolute atomic E-state index is 0.0357. The summed E-state index contributed by atoms with van der Waals surface area (Å²) in [6, 6.07) is 17.9. The molecule has 1 saturated heterocycles. The highest BCUT2D eigenvalue weighted by Gasteiger charge is 2.52. The molecule has 29 heavy (non-hydrogen) atoms. The summed E-state index contributed by atoms with van der Waals surface area (Å²) < 4.78 is 33.2. The third-order valence-corrected chi connectivity index (χ3v) is 6.83. The van der Waals surface area contributed by atoms with Crippen LogP contribution in [-0.4, -0.2) is 69.6 Å². The maximum atomic E-state index is 13.3. The van der Waals surface area contributed by atoms with E-state index in [1.165, 1.54) is 4.31 Å². The fourth-order valence-corrected chi connectivity index (χ4v) is 5.03. The number of sulfonamides is 1. The van der Waals surface area contributed by atoms with E-state index in [4.69, 9.17) is 9.84 Å². The van der Waals surface area contributed by atoms with Crippen molar-refractivity contribution in [2.24, 2.45) is 0 Å². The zero-order valence-corrected chi connectivity index (χ0v) is 16.5. The smallest absolute Gasteiger partial charge is 0.244 e. The summed E-state index contributed by atoms with van der Waals surface area (Å²) in [4.78, 5) is 0. The number of rotatable bonds is 8. The van der Waals surface area contributed by atoms with Crippen LogP contribution in [0.15, 0.2) is 60.7 Å². The molecule has 1 aliphatic rings. The van der Waals surface area contributed by atoms with Crippen molar-refractivity contribution in [2.75, 3.05) is 6.61 Å². The molecule has 0 radical (unpaired) electrons. The van der Waals surface area contributed by atoms with Gasteiger partial charge in [0, 0.05) is 13.1 Å². The van der Waals surface area contributed by atoms with Crippen molar-refractivity contribution in [1.82, 2.24) is 4.31 Å². The Morgan fingerprint density at radius 1 is 0.897 bits per heavy atom. The summed E-state index contributed by atoms with van der Waals surface area (Å²) in [5, 5.41) is 39.3. The predicted molar refractivity (Wildman–Crippen MR) is 105 cm³/mol. The molecule has 0 saturated carbocycles. The first kappa shape index (κ1) is 21.8. The van der Waals surface area contributed by atoms with Gasteiger partial charge in [0.25, 0.3) is 0 Å². The lowest BCUT2D eigenvalue weighted by molar-refractivity contribution is -0.0724. The van der Waals surface area contributed by atoms with Crippen LogP contribution in [0.2, 0.25) is 0 Å². The van der Waals surface area contributed by atoms with Crippen LogP contribution < -0.4 is 0 Å². The molecule has 9 heteroatoms. The maximum absolute atomic E-state index is 13.3. The zero-order chi connectivity index (χ0) is 21.0. The van der Waals surface area contributed by atoms with E-state index in [0.717, 1.165) is 11.1 Å². The third kappa shape index (κ3) is 4.84. The molecule has 8 nitrogen and oxygen atoms in total. The molecular weight excluding hydrogens is 398 g/mol. The summed E-state index contributed by atoms with van der Waals surface area (Å²) in [5.74, 6) is 0. The SMILES string of the molecule is O=S(=O)([C@@H]1O[C@@H]([C@H](O)CO)[C@H](O)[C@H]1O)N(Cc1ccccc1)Cc1ccccc1. The van der Waals surface area contributed by atoms with E-state index in [2.05, 4.69) is 0 Å². The number of nitrogens with zero attached hydrogens (tertiary/aromatic N) is 1. The highest BCUT2D eigenvalue weighted by atomic mass is 32.2. The Morgan fingerprint density at radius 3 is 1.83 bits per heavy atom. The number of hydrogen-bond donors (Lipinski definition) is 4. The van der Waals surface area contributed by atoms with Gasteiger partial charge in [-0.15, -0.1) is 0 Å². The molecule has 2 aromatic carbocycles. The first-order valence-electron chi connectivity index (χ1n) is 9.22. The van der Waals surface area contributed by atoms with Crippen LogP contribution in [0.5, 0.6) is 0 Å². The van der Waals surface area contributed by atoms with Gasteiger partial charge >= 0.3 is 0 Å². The number of hydrogen-bond acceptors (Lipinski definition) is 7. The molecule has 1 aliphatic heterocycles. The van der Waals surface area contributed by atoms with E-state index >= 15 is 0 Å². The van der Waals surface area contributed by atoms with E-state index in [1.807, 2.05) is 12.1 Å². The van der Waals surface area contributed by atoms with E-state index in [0.29, 0.717) is 0 Å². The second-order valence-electron chi connectivity index (χ2n) is 6.98. The van der Waals surface area contributed by atoms with E-state index in [9.17, 15) is 23.7 Å². The highest BCUT2D eigenvalue weighted by molar-refractivity contribution is 7.89. The standard InChI is InChI=1S/C20H25NO7S/c22-13-16(23)19-17(24)18(25)20(28-19)29(26,27)21(11-14-7-3-1-4-8-14)12-15-9-5-2-6-10-15/h1-10,16-20,22-25H,11-13H2/t16-,17-,18-,19+,20+/m1/s1. The molecule has 0 aromatic heterocycles. The Bertz CT molecular complexity index is 837. The van der Waals surface area contributed by atoms with Crippen molar-refractivity contribution in [3.8, 4) is 0 Å². The average Bonchev–Trinajstić information content (AvgIpc) is 3.04. The molecular formula is C20H25NO7S. The first-order valence-corrected chi connectivity index (χ1v) is 10.7. The summed E-state index contributed by atoms with van der Waals surface area (Å²) >= 11 is 0. The van der Waals surface area contributed by atoms with Gasteiger partial charge < -0.3 is 25.2 Å². The Labute approximate surface area is 169 Å². The number of aliphatic hydroxyl groups excluding tert-OH is 4. The summed E-state index contributed by atoms with van der Waals surface area (Å²) in [6.07, 6.45) is -6.34. The van der Waals surface area contributed by atoms with Crippen LogP contribution in [-0.2, 0) is 27.8 Å². The van der Waals surface area contributed by atoms with Gasteiger partial charge in [-0.2, -0.15) is 4.31 Å². The fraction of sp³-hybridized carbons (Fsp3) is 0.400. The van der Waals surface area contributed by atoms with Crippen molar-refractivity contribution in [3.05, 3.63) is 71.8 Å². The molecule has 0 amide bonds. The van der Waals surface area contributed by atoms with Crippen molar-refractivity contribution in [3.63, 3.8) is 0 Å². The van der Waals surface area contributed by atoms with Gasteiger partial charge in [0.1, 0.15) is 24.4 Å². The molecule has 0 bridgehead atoms. The Balaban J connectivity index is 1.90. The monoisotopic (exact) mass is 423 g/mol. The molecule has 0 unspecified atom stereocenters. The topological polar surface area (TPSA) is 128 Å². The van der Waals surface area contributed by atoms with Crippen molar-refractivity contribution >= 4 is 10.0 Å². The lowest BCUT2D eigenvalue weighted by Gasteiger charge is -2.27. The van der Waals surface area contributed by atoms with Crippen LogP contribution >= 0.6 is 0 Å². The molecule has 3 rings (SSSR count). The third-order valence-electron chi connectivity index (χ3n) is 4.88. The van der Waals surface area contributed by atoms with Crippen LogP contribution in [0.25, 0.3) is 0 Å². The maximum Gasteiger partial charge on any atom is 0.244 e.